The summed E-state index contributed by atoms with van der Waals surface area (Å²) in [7, 11) is 0. The summed E-state index contributed by atoms with van der Waals surface area (Å²) in [6, 6.07) is 15.7. The van der Waals surface area contributed by atoms with Gasteiger partial charge in [-0.05, 0) is 44.2 Å². The molecule has 1 aromatic heterocycles. The Bertz CT molecular complexity index is 969. The number of ether oxygens (including phenoxy) is 2. The molecule has 0 atom stereocenters. The molecule has 1 saturated heterocycles. The summed E-state index contributed by atoms with van der Waals surface area (Å²) in [6.45, 7) is 3.23. The van der Waals surface area contributed by atoms with E-state index in [4.69, 9.17) is 13.9 Å². The zero-order valence-corrected chi connectivity index (χ0v) is 15.6. The van der Waals surface area contributed by atoms with E-state index in [2.05, 4.69) is 6.07 Å². The number of hydrogen-bond acceptors (Lipinski definition) is 4. The van der Waals surface area contributed by atoms with Crippen molar-refractivity contribution in [2.24, 2.45) is 0 Å². The van der Waals surface area contributed by atoms with Crippen LogP contribution in [0, 0.1) is 6.92 Å². The Morgan fingerprint density at radius 3 is 2.52 bits per heavy atom. The van der Waals surface area contributed by atoms with Gasteiger partial charge in [0, 0.05) is 11.1 Å². The van der Waals surface area contributed by atoms with Gasteiger partial charge >= 0.3 is 0 Å². The van der Waals surface area contributed by atoms with Crippen LogP contribution in [0.1, 0.15) is 30.4 Å². The van der Waals surface area contributed by atoms with Gasteiger partial charge in [-0.15, -0.1) is 0 Å². The molecular weight excluding hydrogens is 340 g/mol. The van der Waals surface area contributed by atoms with Gasteiger partial charge in [-0.3, -0.25) is 4.79 Å². The van der Waals surface area contributed by atoms with Crippen LogP contribution in [0.15, 0.2) is 57.7 Å². The van der Waals surface area contributed by atoms with E-state index < -0.39 is 0 Å². The van der Waals surface area contributed by atoms with E-state index in [1.54, 1.807) is 0 Å². The molecule has 1 aliphatic heterocycles. The van der Waals surface area contributed by atoms with Crippen LogP contribution in [-0.4, -0.2) is 19.5 Å². The third-order valence-corrected chi connectivity index (χ3v) is 5.09. The predicted octanol–water partition coefficient (Wildman–Crippen LogP) is 4.85. The summed E-state index contributed by atoms with van der Waals surface area (Å²) in [5.41, 5.74) is 3.42. The first-order valence-corrected chi connectivity index (χ1v) is 9.58. The Kier molecular flexibility index (Phi) is 5.37. The predicted molar refractivity (Wildman–Crippen MR) is 106 cm³/mol. The van der Waals surface area contributed by atoms with Crippen LogP contribution in [0.4, 0.5) is 0 Å². The van der Waals surface area contributed by atoms with Crippen LogP contribution in [0.5, 0.6) is 0 Å². The van der Waals surface area contributed by atoms with Crippen molar-refractivity contribution in [3.05, 3.63) is 69.9 Å². The zero-order chi connectivity index (χ0) is 18.6. The lowest BCUT2D eigenvalue weighted by atomic mass is 10.0. The first-order valence-electron chi connectivity index (χ1n) is 9.58. The highest BCUT2D eigenvalue weighted by Crippen LogP contribution is 2.28. The number of fused-ring (bicyclic) bond motifs is 1. The largest absolute Gasteiger partial charge is 0.455 e. The third kappa shape index (κ3) is 3.82. The summed E-state index contributed by atoms with van der Waals surface area (Å²) in [5.74, 6) is 0.660. The minimum Gasteiger partial charge on any atom is -0.455 e. The fraction of sp³-hybridized carbons (Fsp3) is 0.348. The number of benzene rings is 2. The van der Waals surface area contributed by atoms with Crippen LogP contribution >= 0.6 is 0 Å². The van der Waals surface area contributed by atoms with Crippen molar-refractivity contribution in [2.45, 2.75) is 38.9 Å². The molecule has 0 bridgehead atoms. The highest BCUT2D eigenvalue weighted by molar-refractivity contribution is 5.83. The number of unbranched alkanes of at least 4 members (excludes halogenated alkanes) is 1. The van der Waals surface area contributed by atoms with Crippen molar-refractivity contribution in [2.75, 3.05) is 13.2 Å². The van der Waals surface area contributed by atoms with E-state index in [1.165, 1.54) is 0 Å². The molecule has 4 nitrogen and oxygen atoms in total. The lowest BCUT2D eigenvalue weighted by Crippen LogP contribution is -2.09. The van der Waals surface area contributed by atoms with E-state index in [-0.39, 0.29) is 11.7 Å². The first-order chi connectivity index (χ1) is 13.2. The summed E-state index contributed by atoms with van der Waals surface area (Å²) >= 11 is 0. The molecule has 0 unspecified atom stereocenters. The normalized spacial score (nSPS) is 14.9. The molecule has 2 heterocycles. The second-order valence-corrected chi connectivity index (χ2v) is 6.96. The molecule has 0 radical (unpaired) electrons. The highest BCUT2D eigenvalue weighted by Gasteiger charge is 2.16. The second-order valence-electron chi connectivity index (χ2n) is 6.96. The molecule has 3 aromatic rings. The van der Waals surface area contributed by atoms with Crippen LogP contribution in [0.25, 0.3) is 22.3 Å². The molecule has 0 N–H and O–H groups in total. The van der Waals surface area contributed by atoms with Crippen LogP contribution in [0.3, 0.4) is 0 Å². The van der Waals surface area contributed by atoms with Crippen molar-refractivity contribution in [3.8, 4) is 11.3 Å². The molecule has 0 aliphatic carbocycles. The van der Waals surface area contributed by atoms with E-state index >= 15 is 0 Å². The Hall–Kier alpha value is -2.43. The molecule has 1 aliphatic rings. The Labute approximate surface area is 158 Å². The molecule has 140 valence electrons. The van der Waals surface area contributed by atoms with Crippen molar-refractivity contribution in [3.63, 3.8) is 0 Å². The second kappa shape index (κ2) is 8.07. The number of para-hydroxylation sites is 1. The summed E-state index contributed by atoms with van der Waals surface area (Å²) in [6.07, 6.45) is 3.74. The van der Waals surface area contributed by atoms with Gasteiger partial charge in [-0.1, -0.05) is 42.5 Å². The smallest absolute Gasteiger partial charge is 0.196 e. The van der Waals surface area contributed by atoms with E-state index in [0.29, 0.717) is 35.5 Å². The van der Waals surface area contributed by atoms with Gasteiger partial charge in [0.2, 0.25) is 0 Å². The molecule has 1 fully saturated rings. The summed E-state index contributed by atoms with van der Waals surface area (Å²) in [5, 5.41) is 0.659. The average molecular weight is 364 g/mol. The standard InChI is InChI=1S/C23H24O4/c1-16-21(24)19-12-7-11-18(10-5-6-13-20-25-14-15-26-20)23(19)27-22(16)17-8-3-2-4-9-17/h2-4,7-9,11-12,20H,5-6,10,13-15H2,1H3. The van der Waals surface area contributed by atoms with Crippen LogP contribution in [-0.2, 0) is 15.9 Å². The molecule has 4 heteroatoms. The van der Waals surface area contributed by atoms with Gasteiger partial charge in [-0.25, -0.2) is 0 Å². The van der Waals surface area contributed by atoms with Gasteiger partial charge in [-0.2, -0.15) is 0 Å². The maximum atomic E-state index is 12.9. The lowest BCUT2D eigenvalue weighted by molar-refractivity contribution is -0.0479. The fourth-order valence-electron chi connectivity index (χ4n) is 3.63. The third-order valence-electron chi connectivity index (χ3n) is 5.09. The van der Waals surface area contributed by atoms with Crippen molar-refractivity contribution in [1.29, 1.82) is 0 Å². The summed E-state index contributed by atoms with van der Waals surface area (Å²) in [4.78, 5) is 12.9. The van der Waals surface area contributed by atoms with Gasteiger partial charge in [0.1, 0.15) is 11.3 Å². The zero-order valence-electron chi connectivity index (χ0n) is 15.6. The fourth-order valence-corrected chi connectivity index (χ4v) is 3.63. The van der Waals surface area contributed by atoms with Crippen LogP contribution < -0.4 is 5.43 Å². The van der Waals surface area contributed by atoms with Crippen molar-refractivity contribution < 1.29 is 13.9 Å². The van der Waals surface area contributed by atoms with Gasteiger partial charge in [0.15, 0.2) is 11.7 Å². The topological polar surface area (TPSA) is 48.7 Å². The van der Waals surface area contributed by atoms with Gasteiger partial charge in [0.05, 0.1) is 18.6 Å². The van der Waals surface area contributed by atoms with Crippen molar-refractivity contribution in [1.82, 2.24) is 0 Å². The highest BCUT2D eigenvalue weighted by atomic mass is 16.7. The first kappa shape index (κ1) is 18.0. The van der Waals surface area contributed by atoms with E-state index in [9.17, 15) is 4.79 Å². The summed E-state index contributed by atoms with van der Waals surface area (Å²) < 4.78 is 17.2. The van der Waals surface area contributed by atoms with E-state index in [1.807, 2.05) is 49.4 Å². The maximum Gasteiger partial charge on any atom is 0.196 e. The lowest BCUT2D eigenvalue weighted by Gasteiger charge is -2.11. The van der Waals surface area contributed by atoms with Gasteiger partial charge < -0.3 is 13.9 Å². The quantitative estimate of drug-likeness (QED) is 0.587. The Morgan fingerprint density at radius 2 is 1.74 bits per heavy atom. The Balaban J connectivity index is 1.61. The minimum atomic E-state index is -0.0530. The molecule has 2 aromatic carbocycles. The number of aryl methyl sites for hydroxylation is 1. The monoisotopic (exact) mass is 364 g/mol. The molecule has 27 heavy (non-hydrogen) atoms. The molecular formula is C23H24O4. The SMILES string of the molecule is Cc1c(-c2ccccc2)oc2c(CCCCC3OCCO3)cccc2c1=O. The molecule has 0 saturated carbocycles. The maximum absolute atomic E-state index is 12.9. The van der Waals surface area contributed by atoms with E-state index in [0.717, 1.165) is 36.8 Å². The Morgan fingerprint density at radius 1 is 0.963 bits per heavy atom. The molecule has 0 amide bonds. The number of rotatable bonds is 6. The average Bonchev–Trinajstić information content (AvgIpc) is 3.22. The minimum absolute atomic E-state index is 0.0460. The van der Waals surface area contributed by atoms with Crippen LogP contribution in [0.2, 0.25) is 0 Å². The molecule has 0 spiro atoms. The number of hydrogen-bond donors (Lipinski definition) is 0. The molecule has 4 rings (SSSR count). The van der Waals surface area contributed by atoms with Gasteiger partial charge in [0.25, 0.3) is 0 Å². The van der Waals surface area contributed by atoms with Crippen molar-refractivity contribution >= 4 is 11.0 Å².